The number of benzene rings is 2. The van der Waals surface area contributed by atoms with Crippen LogP contribution in [0, 0.1) is 10.1 Å². The van der Waals surface area contributed by atoms with Gasteiger partial charge in [-0.1, -0.05) is 30.0 Å². The average molecular weight is 432 g/mol. The third kappa shape index (κ3) is 4.03. The number of thiocarbonyl (C=S) groups is 1. The first-order valence-corrected chi connectivity index (χ1v) is 9.44. The van der Waals surface area contributed by atoms with Gasteiger partial charge < -0.3 is 14.2 Å². The molecule has 1 aliphatic heterocycles. The van der Waals surface area contributed by atoms with Gasteiger partial charge in [0.2, 0.25) is 5.75 Å². The zero-order valence-corrected chi connectivity index (χ0v) is 17.3. The van der Waals surface area contributed by atoms with Gasteiger partial charge in [-0.25, -0.2) is 0 Å². The fourth-order valence-corrected chi connectivity index (χ4v) is 4.07. The molecular formula is C19H16N2O6S2. The molecule has 2 aromatic rings. The highest BCUT2D eigenvalue weighted by atomic mass is 32.2. The Bertz CT molecular complexity index is 1010. The Kier molecular flexibility index (Phi) is 6.04. The summed E-state index contributed by atoms with van der Waals surface area (Å²) < 4.78 is 16.2. The van der Waals surface area contributed by atoms with Gasteiger partial charge >= 0.3 is 0 Å². The molecule has 1 fully saturated rings. The number of non-ortho nitro benzene ring substituents is 1. The first kappa shape index (κ1) is 20.6. The summed E-state index contributed by atoms with van der Waals surface area (Å²) in [6.07, 6.45) is 1.65. The average Bonchev–Trinajstić information content (AvgIpc) is 3.00. The van der Waals surface area contributed by atoms with Crippen molar-refractivity contribution in [2.75, 3.05) is 26.2 Å². The van der Waals surface area contributed by atoms with Gasteiger partial charge in [0.15, 0.2) is 15.8 Å². The van der Waals surface area contributed by atoms with Gasteiger partial charge in [-0.3, -0.25) is 19.8 Å². The number of anilines is 1. The third-order valence-electron chi connectivity index (χ3n) is 4.08. The SMILES string of the molecule is COc1cc(/C=C2\SC(=S)N(c3cccc([N+](=O)[O-])c3)C2=O)cc(OC)c1OC. The summed E-state index contributed by atoms with van der Waals surface area (Å²) in [4.78, 5) is 25.1. The molecule has 1 amide bonds. The molecule has 0 N–H and O–H groups in total. The first-order chi connectivity index (χ1) is 13.9. The lowest BCUT2D eigenvalue weighted by Crippen LogP contribution is -2.27. The summed E-state index contributed by atoms with van der Waals surface area (Å²) in [5.41, 5.74) is 0.874. The summed E-state index contributed by atoms with van der Waals surface area (Å²) in [5.74, 6) is 0.977. The normalized spacial score (nSPS) is 15.0. The molecule has 10 heteroatoms. The first-order valence-electron chi connectivity index (χ1n) is 8.22. The Labute approximate surface area is 176 Å². The highest BCUT2D eigenvalue weighted by Crippen LogP contribution is 2.41. The second-order valence-corrected chi connectivity index (χ2v) is 7.43. The Hall–Kier alpha value is -3.11. The number of nitro groups is 1. The highest BCUT2D eigenvalue weighted by molar-refractivity contribution is 8.27. The van der Waals surface area contributed by atoms with Gasteiger partial charge in [-0.2, -0.15) is 0 Å². The lowest BCUT2D eigenvalue weighted by molar-refractivity contribution is -0.384. The second-order valence-electron chi connectivity index (χ2n) is 5.75. The van der Waals surface area contributed by atoms with E-state index in [1.54, 1.807) is 24.3 Å². The van der Waals surface area contributed by atoms with E-state index in [1.165, 1.54) is 44.4 Å². The summed E-state index contributed by atoms with van der Waals surface area (Å²) in [6, 6.07) is 9.19. The van der Waals surface area contributed by atoms with Crippen molar-refractivity contribution >= 4 is 51.7 Å². The van der Waals surface area contributed by atoms with Crippen molar-refractivity contribution in [3.8, 4) is 17.2 Å². The molecule has 1 heterocycles. The van der Waals surface area contributed by atoms with Crippen LogP contribution in [0.4, 0.5) is 11.4 Å². The smallest absolute Gasteiger partial charge is 0.271 e. The van der Waals surface area contributed by atoms with E-state index in [2.05, 4.69) is 0 Å². The van der Waals surface area contributed by atoms with Crippen LogP contribution in [0.3, 0.4) is 0 Å². The van der Waals surface area contributed by atoms with Crippen molar-refractivity contribution in [2.24, 2.45) is 0 Å². The molecule has 8 nitrogen and oxygen atoms in total. The molecule has 1 aliphatic rings. The maximum absolute atomic E-state index is 12.9. The van der Waals surface area contributed by atoms with Crippen LogP contribution in [0.15, 0.2) is 41.3 Å². The maximum atomic E-state index is 12.9. The van der Waals surface area contributed by atoms with Gasteiger partial charge in [0.25, 0.3) is 11.6 Å². The zero-order chi connectivity index (χ0) is 21.1. The number of hydrogen-bond acceptors (Lipinski definition) is 8. The molecule has 0 aromatic heterocycles. The number of carbonyl (C=O) groups is 1. The number of rotatable bonds is 6. The van der Waals surface area contributed by atoms with E-state index < -0.39 is 4.92 Å². The van der Waals surface area contributed by atoms with Crippen LogP contribution < -0.4 is 19.1 Å². The van der Waals surface area contributed by atoms with Crippen molar-refractivity contribution in [2.45, 2.75) is 0 Å². The molecule has 0 unspecified atom stereocenters. The van der Waals surface area contributed by atoms with Crippen LogP contribution in [0.2, 0.25) is 0 Å². The number of nitro benzene ring substituents is 1. The fourth-order valence-electron chi connectivity index (χ4n) is 2.77. The number of ether oxygens (including phenoxy) is 3. The molecule has 0 bridgehead atoms. The van der Waals surface area contributed by atoms with Crippen LogP contribution in [-0.2, 0) is 4.79 Å². The van der Waals surface area contributed by atoms with Gasteiger partial charge in [0.05, 0.1) is 36.8 Å². The van der Waals surface area contributed by atoms with Gasteiger partial charge in [-0.05, 0) is 29.8 Å². The van der Waals surface area contributed by atoms with Gasteiger partial charge in [0, 0.05) is 12.1 Å². The molecular weight excluding hydrogens is 416 g/mol. The number of nitrogens with zero attached hydrogens (tertiary/aromatic N) is 2. The molecule has 2 aromatic carbocycles. The van der Waals surface area contributed by atoms with Crippen LogP contribution >= 0.6 is 24.0 Å². The number of methoxy groups -OCH3 is 3. The van der Waals surface area contributed by atoms with Crippen molar-refractivity contribution in [1.29, 1.82) is 0 Å². The summed E-state index contributed by atoms with van der Waals surface area (Å²) in [5, 5.41) is 11.0. The molecule has 0 radical (unpaired) electrons. The highest BCUT2D eigenvalue weighted by Gasteiger charge is 2.34. The van der Waals surface area contributed by atoms with E-state index in [9.17, 15) is 14.9 Å². The Balaban J connectivity index is 1.98. The van der Waals surface area contributed by atoms with E-state index in [0.29, 0.717) is 33.4 Å². The standard InChI is InChI=1S/C19H16N2O6S2/c1-25-14-7-11(8-15(26-2)17(14)27-3)9-16-18(22)20(19(28)29-16)12-5-4-6-13(10-12)21(23)24/h4-10H,1-3H3/b16-9-. The molecule has 29 heavy (non-hydrogen) atoms. The van der Waals surface area contributed by atoms with Gasteiger partial charge in [0.1, 0.15) is 0 Å². The van der Waals surface area contributed by atoms with Crippen LogP contribution in [0.1, 0.15) is 5.56 Å². The van der Waals surface area contributed by atoms with Gasteiger partial charge in [-0.15, -0.1) is 0 Å². The minimum atomic E-state index is -0.521. The number of thioether (sulfide) groups is 1. The second kappa shape index (κ2) is 8.50. The van der Waals surface area contributed by atoms with E-state index in [-0.39, 0.29) is 15.9 Å². The Morgan fingerprint density at radius 1 is 1.10 bits per heavy atom. The lowest BCUT2D eigenvalue weighted by Gasteiger charge is -2.14. The quantitative estimate of drug-likeness (QED) is 0.292. The number of carbonyl (C=O) groups excluding carboxylic acids is 1. The van der Waals surface area contributed by atoms with Crippen molar-refractivity contribution in [3.63, 3.8) is 0 Å². The van der Waals surface area contributed by atoms with E-state index >= 15 is 0 Å². The summed E-state index contributed by atoms with van der Waals surface area (Å²) in [6.45, 7) is 0. The fraction of sp³-hybridized carbons (Fsp3) is 0.158. The molecule has 0 aliphatic carbocycles. The van der Waals surface area contributed by atoms with Crippen LogP contribution in [0.5, 0.6) is 17.2 Å². The van der Waals surface area contributed by atoms with E-state index in [1.807, 2.05) is 0 Å². The predicted octanol–water partition coefficient (Wildman–Crippen LogP) is 4.03. The third-order valence-corrected chi connectivity index (χ3v) is 5.38. The Morgan fingerprint density at radius 2 is 1.76 bits per heavy atom. The summed E-state index contributed by atoms with van der Waals surface area (Å²) in [7, 11) is 4.51. The predicted molar refractivity (Wildman–Crippen MR) is 115 cm³/mol. The maximum Gasteiger partial charge on any atom is 0.271 e. The van der Waals surface area contributed by atoms with Crippen LogP contribution in [-0.4, -0.2) is 36.5 Å². The zero-order valence-electron chi connectivity index (χ0n) is 15.7. The lowest BCUT2D eigenvalue weighted by atomic mass is 10.1. The van der Waals surface area contributed by atoms with Crippen molar-refractivity contribution in [1.82, 2.24) is 0 Å². The van der Waals surface area contributed by atoms with Crippen LogP contribution in [0.25, 0.3) is 6.08 Å². The number of hydrogen-bond donors (Lipinski definition) is 0. The molecule has 0 atom stereocenters. The van der Waals surface area contributed by atoms with E-state index in [4.69, 9.17) is 26.4 Å². The minimum absolute atomic E-state index is 0.120. The summed E-state index contributed by atoms with van der Waals surface area (Å²) >= 11 is 6.44. The molecule has 3 rings (SSSR count). The topological polar surface area (TPSA) is 91.1 Å². The monoisotopic (exact) mass is 432 g/mol. The van der Waals surface area contributed by atoms with Crippen molar-refractivity contribution < 1.29 is 23.9 Å². The Morgan fingerprint density at radius 3 is 2.31 bits per heavy atom. The van der Waals surface area contributed by atoms with Crippen molar-refractivity contribution in [3.05, 3.63) is 57.0 Å². The molecule has 1 saturated heterocycles. The number of amides is 1. The molecule has 0 spiro atoms. The molecule has 0 saturated carbocycles. The van der Waals surface area contributed by atoms with E-state index in [0.717, 1.165) is 11.8 Å². The minimum Gasteiger partial charge on any atom is -0.493 e. The molecule has 150 valence electrons. The largest absolute Gasteiger partial charge is 0.493 e.